The first-order valence-electron chi connectivity index (χ1n) is 25.6. The van der Waals surface area contributed by atoms with Gasteiger partial charge in [0.1, 0.15) is 24.7 Å². The van der Waals surface area contributed by atoms with Crippen LogP contribution in [0.5, 0.6) is 11.5 Å². The van der Waals surface area contributed by atoms with Crippen LogP contribution in [-0.4, -0.2) is 109 Å². The van der Waals surface area contributed by atoms with E-state index in [-0.39, 0.29) is 5.28 Å². The Bertz CT molecular complexity index is 2680. The minimum absolute atomic E-state index is 0.251. The summed E-state index contributed by atoms with van der Waals surface area (Å²) in [5.41, 5.74) is 15.2. The molecule has 0 radical (unpaired) electrons. The summed E-state index contributed by atoms with van der Waals surface area (Å²) in [5, 5.41) is 3.58. The molecular weight excluding hydrogens is 964 g/mol. The number of nitrogens with one attached hydrogen (secondary N) is 1. The fraction of sp³-hybridized carbons (Fsp3) is 0.333. The van der Waals surface area contributed by atoms with Gasteiger partial charge in [0.25, 0.3) is 0 Å². The van der Waals surface area contributed by atoms with Crippen molar-refractivity contribution in [3.63, 3.8) is 0 Å². The van der Waals surface area contributed by atoms with Crippen molar-refractivity contribution >= 4 is 28.9 Å². The molecule has 2 aromatic heterocycles. The number of rotatable bonds is 28. The zero-order valence-electron chi connectivity index (χ0n) is 43.3. The van der Waals surface area contributed by atoms with Gasteiger partial charge in [0, 0.05) is 59.1 Å². The zero-order chi connectivity index (χ0) is 52.7. The lowest BCUT2D eigenvalue weighted by Crippen LogP contribution is -2.25. The highest BCUT2D eigenvalue weighted by Crippen LogP contribution is 2.28. The van der Waals surface area contributed by atoms with Crippen molar-refractivity contribution in [2.45, 2.75) is 52.1 Å². The Morgan fingerprint density at radius 2 is 1.03 bits per heavy atom. The van der Waals surface area contributed by atoms with Crippen LogP contribution in [0.3, 0.4) is 0 Å². The van der Waals surface area contributed by atoms with Gasteiger partial charge in [-0.1, -0.05) is 60.7 Å². The Labute approximate surface area is 448 Å². The van der Waals surface area contributed by atoms with Gasteiger partial charge in [-0.25, -0.2) is 19.9 Å². The first kappa shape index (κ1) is 57.5. The molecule has 0 aliphatic carbocycles. The Morgan fingerprint density at radius 3 is 1.55 bits per heavy atom. The lowest BCUT2D eigenvalue weighted by Gasteiger charge is -2.17. The van der Waals surface area contributed by atoms with Gasteiger partial charge in [0.15, 0.2) is 0 Å². The second-order valence-corrected chi connectivity index (χ2v) is 18.0. The van der Waals surface area contributed by atoms with Crippen LogP contribution < -0.4 is 20.5 Å². The molecule has 2 aliphatic heterocycles. The molecule has 4 aromatic carbocycles. The molecule has 14 nitrogen and oxygen atoms in total. The normalized spacial score (nSPS) is 13.2. The number of ether oxygens (including phenoxy) is 6. The highest BCUT2D eigenvalue weighted by Gasteiger charge is 2.14. The average Bonchev–Trinajstić information content (AvgIpc) is 4.17. The number of hydrogen-bond donors (Lipinski definition) is 2. The summed E-state index contributed by atoms with van der Waals surface area (Å²) in [7, 11) is 0. The summed E-state index contributed by atoms with van der Waals surface area (Å²) < 4.78 is 34.2. The van der Waals surface area contributed by atoms with E-state index in [0.29, 0.717) is 72.0 Å². The van der Waals surface area contributed by atoms with Gasteiger partial charge < -0.3 is 39.5 Å². The standard InChI is InChI=1S/C30H36N4O3.C16H24N2O2.C14H13ClN2O/c1-3-17-35-22-24-8-7-9-25(20-24)28-12-13-31-30(33-28)32-27-10-11-29(26(21-27)23-36-18-4-2)37-19-16-34-14-5-6-15-34;1-2-10-19-13-14-12-15(17)5-6-16(14)20-11-9-18-7-3-4-8-18;1-2-8-18-10-11-4-3-5-12(9-11)13-6-7-16-14(15)17-13/h3-4,7-13,20-21H,1-2,5-6,14-19,22-23H2,(H,31,32,33);2,5-6,12H,1,3-4,7-11,13,17H2;2-7,9H,1,8,10H2. The van der Waals surface area contributed by atoms with Crippen molar-refractivity contribution in [1.29, 1.82) is 0 Å². The molecule has 2 aliphatic rings. The van der Waals surface area contributed by atoms with Gasteiger partial charge in [-0.3, -0.25) is 9.80 Å². The minimum atomic E-state index is 0.251. The van der Waals surface area contributed by atoms with E-state index in [0.717, 1.165) is 93.8 Å². The zero-order valence-corrected chi connectivity index (χ0v) is 44.0. The molecule has 2 fully saturated rings. The summed E-state index contributed by atoms with van der Waals surface area (Å²) in [6.45, 7) is 26.8. The number of anilines is 3. The number of aromatic nitrogens is 4. The summed E-state index contributed by atoms with van der Waals surface area (Å²) in [6, 6.07) is 31.6. The van der Waals surface area contributed by atoms with Crippen LogP contribution in [0.2, 0.25) is 5.28 Å². The van der Waals surface area contributed by atoms with Crippen LogP contribution in [0.25, 0.3) is 22.5 Å². The molecule has 8 rings (SSSR count). The first-order chi connectivity index (χ1) is 36.8. The predicted molar refractivity (Wildman–Crippen MR) is 302 cm³/mol. The minimum Gasteiger partial charge on any atom is -0.492 e. The number of nitrogen functional groups attached to an aromatic ring is 1. The van der Waals surface area contributed by atoms with Crippen LogP contribution in [0.1, 0.15) is 47.9 Å². The maximum absolute atomic E-state index is 6.14. The van der Waals surface area contributed by atoms with E-state index in [2.05, 4.69) is 62.5 Å². The molecule has 6 aromatic rings. The molecule has 2 saturated heterocycles. The SMILES string of the molecule is C=CCOCc1cc(N)ccc1OCCN1CCCC1.C=CCOCc1cccc(-c2ccnc(Cl)n2)c1.C=CCOCc1cccc(-c2ccnc(Nc3ccc(OCCN4CCCC4)c(COCC=C)c3)n2)c1. The molecule has 4 heterocycles. The first-order valence-corrected chi connectivity index (χ1v) is 25.9. The molecule has 0 unspecified atom stereocenters. The lowest BCUT2D eigenvalue weighted by molar-refractivity contribution is 0.144. The van der Waals surface area contributed by atoms with Crippen molar-refractivity contribution in [1.82, 2.24) is 29.7 Å². The molecular formula is C60H73ClN8O6. The van der Waals surface area contributed by atoms with Crippen LogP contribution in [0.15, 0.2) is 160 Å². The van der Waals surface area contributed by atoms with Crippen molar-refractivity contribution in [2.75, 3.05) is 90.0 Å². The van der Waals surface area contributed by atoms with Crippen molar-refractivity contribution < 1.29 is 28.4 Å². The summed E-state index contributed by atoms with van der Waals surface area (Å²) >= 11 is 5.78. The van der Waals surface area contributed by atoms with Crippen LogP contribution in [0.4, 0.5) is 17.3 Å². The van der Waals surface area contributed by atoms with E-state index in [1.807, 2.05) is 91.0 Å². The maximum Gasteiger partial charge on any atom is 0.227 e. The average molecular weight is 1040 g/mol. The lowest BCUT2D eigenvalue weighted by atomic mass is 10.1. The monoisotopic (exact) mass is 1040 g/mol. The fourth-order valence-corrected chi connectivity index (χ4v) is 8.36. The topological polar surface area (TPSA) is 151 Å². The second-order valence-electron chi connectivity index (χ2n) is 17.7. The third-order valence-corrected chi connectivity index (χ3v) is 12.0. The summed E-state index contributed by atoms with van der Waals surface area (Å²) in [4.78, 5) is 22.1. The number of halogens is 1. The fourth-order valence-electron chi connectivity index (χ4n) is 8.22. The molecule has 0 bridgehead atoms. The van der Waals surface area contributed by atoms with E-state index in [9.17, 15) is 0 Å². The molecule has 3 N–H and O–H groups in total. The number of hydrogen-bond acceptors (Lipinski definition) is 14. The van der Waals surface area contributed by atoms with Crippen LogP contribution in [-0.2, 0) is 45.4 Å². The third-order valence-electron chi connectivity index (χ3n) is 11.9. The molecule has 0 saturated carbocycles. The van der Waals surface area contributed by atoms with Crippen molar-refractivity contribution in [2.24, 2.45) is 0 Å². The Morgan fingerprint density at radius 1 is 0.547 bits per heavy atom. The Kier molecular flexibility index (Phi) is 25.5. The highest BCUT2D eigenvalue weighted by atomic mass is 35.5. The second kappa shape index (κ2) is 33.2. The van der Waals surface area contributed by atoms with Crippen LogP contribution in [0, 0.1) is 0 Å². The highest BCUT2D eigenvalue weighted by molar-refractivity contribution is 6.28. The number of likely N-dealkylation sites (tertiary alicyclic amines) is 2. The maximum atomic E-state index is 6.14. The van der Waals surface area contributed by atoms with E-state index < -0.39 is 0 Å². The van der Waals surface area contributed by atoms with Crippen molar-refractivity contribution in [3.8, 4) is 34.0 Å². The Balaban J connectivity index is 0.000000202. The summed E-state index contributed by atoms with van der Waals surface area (Å²) in [6.07, 6.45) is 15.5. The third kappa shape index (κ3) is 20.8. The number of nitrogens with zero attached hydrogens (tertiary/aromatic N) is 6. The van der Waals surface area contributed by atoms with E-state index in [1.54, 1.807) is 36.7 Å². The van der Waals surface area contributed by atoms with Gasteiger partial charge in [-0.05, 0) is 135 Å². The molecule has 0 amide bonds. The summed E-state index contributed by atoms with van der Waals surface area (Å²) in [5.74, 6) is 2.22. The molecule has 0 spiro atoms. The van der Waals surface area contributed by atoms with E-state index in [4.69, 9.17) is 50.7 Å². The number of nitrogens with two attached hydrogens (primary N) is 1. The largest absolute Gasteiger partial charge is 0.492 e. The molecule has 0 atom stereocenters. The molecule has 15 heteroatoms. The smallest absolute Gasteiger partial charge is 0.227 e. The predicted octanol–water partition coefficient (Wildman–Crippen LogP) is 11.7. The van der Waals surface area contributed by atoms with Gasteiger partial charge in [-0.2, -0.15) is 0 Å². The van der Waals surface area contributed by atoms with Gasteiger partial charge in [0.2, 0.25) is 11.2 Å². The van der Waals surface area contributed by atoms with E-state index in [1.165, 1.54) is 38.8 Å². The van der Waals surface area contributed by atoms with Gasteiger partial charge >= 0.3 is 0 Å². The van der Waals surface area contributed by atoms with Crippen LogP contribution >= 0.6 is 11.6 Å². The van der Waals surface area contributed by atoms with E-state index >= 15 is 0 Å². The quantitative estimate of drug-likeness (QED) is 0.0207. The van der Waals surface area contributed by atoms with Crippen molar-refractivity contribution in [3.05, 3.63) is 188 Å². The molecule has 396 valence electrons. The Hall–Kier alpha value is -6.75. The number of benzene rings is 4. The van der Waals surface area contributed by atoms with Gasteiger partial charge in [-0.15, -0.1) is 26.3 Å². The van der Waals surface area contributed by atoms with Gasteiger partial charge in [0.05, 0.1) is 64.2 Å². The molecule has 75 heavy (non-hydrogen) atoms.